The number of hydrogen-bond acceptors (Lipinski definition) is 4. The van der Waals surface area contributed by atoms with Crippen molar-refractivity contribution in [3.63, 3.8) is 0 Å². The lowest BCUT2D eigenvalue weighted by Gasteiger charge is -2.39. The Bertz CT molecular complexity index is 568. The lowest BCUT2D eigenvalue weighted by Crippen LogP contribution is -2.59. The highest BCUT2D eigenvalue weighted by molar-refractivity contribution is 5.74. The predicted octanol–water partition coefficient (Wildman–Crippen LogP) is 2.34. The topological polar surface area (TPSA) is 63.7 Å². The molecule has 0 saturated carbocycles. The number of rotatable bonds is 4. The van der Waals surface area contributed by atoms with Crippen LogP contribution in [-0.4, -0.2) is 54.0 Å². The maximum Gasteiger partial charge on any atom is 0.416 e. The molecule has 0 radical (unpaired) electrons. The van der Waals surface area contributed by atoms with Gasteiger partial charge in [0.15, 0.2) is 6.10 Å². The molecule has 1 aliphatic rings. The first-order valence-corrected chi connectivity index (χ1v) is 7.64. The number of hydrogen-bond donors (Lipinski definition) is 1. The number of nitrogens with zero attached hydrogens (tertiary/aromatic N) is 2. The molecule has 2 amide bonds. The van der Waals surface area contributed by atoms with Crippen LogP contribution in [0, 0.1) is 0 Å². The lowest BCUT2D eigenvalue weighted by molar-refractivity contribution is -0.246. The summed E-state index contributed by atoms with van der Waals surface area (Å²) in [5.41, 5.74) is 0.654. The van der Waals surface area contributed by atoms with Crippen molar-refractivity contribution in [2.24, 2.45) is 0 Å². The maximum atomic E-state index is 12.9. The highest BCUT2D eigenvalue weighted by atomic mass is 19.4. The predicted molar refractivity (Wildman–Crippen MR) is 79.6 cm³/mol. The van der Waals surface area contributed by atoms with Crippen LogP contribution in [0.1, 0.15) is 19.4 Å². The Kier molecular flexibility index (Phi) is 5.87. The first kappa shape index (κ1) is 18.3. The molecule has 9 heteroatoms. The van der Waals surface area contributed by atoms with Crippen LogP contribution in [0.3, 0.4) is 0 Å². The molecule has 1 aromatic heterocycles. The quantitative estimate of drug-likeness (QED) is 0.908. The van der Waals surface area contributed by atoms with Crippen molar-refractivity contribution in [3.8, 4) is 5.88 Å². The summed E-state index contributed by atoms with van der Waals surface area (Å²) in [6.45, 7) is 3.62. The highest BCUT2D eigenvalue weighted by Crippen LogP contribution is 2.30. The van der Waals surface area contributed by atoms with Crippen molar-refractivity contribution in [1.29, 1.82) is 0 Å². The normalized spacial score (nSPS) is 21.5. The summed E-state index contributed by atoms with van der Waals surface area (Å²) in [6.07, 6.45) is -4.92. The van der Waals surface area contributed by atoms with E-state index in [2.05, 4.69) is 10.3 Å². The Balaban J connectivity index is 2.00. The van der Waals surface area contributed by atoms with Gasteiger partial charge in [0.2, 0.25) is 5.88 Å². The van der Waals surface area contributed by atoms with Gasteiger partial charge in [0.05, 0.1) is 19.3 Å². The van der Waals surface area contributed by atoms with E-state index in [1.54, 1.807) is 18.3 Å². The molecule has 0 bridgehead atoms. The highest BCUT2D eigenvalue weighted by Gasteiger charge is 2.48. The molecule has 0 aliphatic carbocycles. The van der Waals surface area contributed by atoms with Gasteiger partial charge in [-0.05, 0) is 19.9 Å². The number of alkyl halides is 3. The third-order valence-electron chi connectivity index (χ3n) is 3.70. The Morgan fingerprint density at radius 2 is 2.29 bits per heavy atom. The van der Waals surface area contributed by atoms with Crippen molar-refractivity contribution in [2.75, 3.05) is 19.8 Å². The standard InChI is InChI=1S/C15H20F3N3O3/c1-3-23-13-11(5-4-6-19-13)9-20-14(22)21-7-8-24-12(10(21)2)15(16,17)18/h4-6,10,12H,3,7-9H2,1-2H3,(H,20,22). The lowest BCUT2D eigenvalue weighted by atomic mass is 10.1. The van der Waals surface area contributed by atoms with E-state index in [4.69, 9.17) is 9.47 Å². The summed E-state index contributed by atoms with van der Waals surface area (Å²) in [4.78, 5) is 17.5. The number of ether oxygens (including phenoxy) is 2. The zero-order valence-electron chi connectivity index (χ0n) is 13.5. The van der Waals surface area contributed by atoms with E-state index < -0.39 is 24.4 Å². The zero-order valence-corrected chi connectivity index (χ0v) is 13.5. The van der Waals surface area contributed by atoms with Crippen LogP contribution in [0.4, 0.5) is 18.0 Å². The summed E-state index contributed by atoms with van der Waals surface area (Å²) >= 11 is 0. The van der Waals surface area contributed by atoms with Gasteiger partial charge in [0.25, 0.3) is 0 Å². The second-order valence-corrected chi connectivity index (χ2v) is 5.33. The largest absolute Gasteiger partial charge is 0.478 e. The van der Waals surface area contributed by atoms with Crippen LogP contribution >= 0.6 is 0 Å². The molecule has 134 valence electrons. The van der Waals surface area contributed by atoms with Gasteiger partial charge in [-0.25, -0.2) is 9.78 Å². The third-order valence-corrected chi connectivity index (χ3v) is 3.70. The molecule has 2 unspecified atom stereocenters. The summed E-state index contributed by atoms with van der Waals surface area (Å²) in [5, 5.41) is 2.61. The number of nitrogens with one attached hydrogen (secondary N) is 1. The van der Waals surface area contributed by atoms with Gasteiger partial charge in [-0.3, -0.25) is 0 Å². The molecule has 6 nitrogen and oxygen atoms in total. The van der Waals surface area contributed by atoms with E-state index in [0.717, 1.165) is 4.90 Å². The van der Waals surface area contributed by atoms with Crippen LogP contribution in [0.2, 0.25) is 0 Å². The summed E-state index contributed by atoms with van der Waals surface area (Å²) in [7, 11) is 0. The van der Waals surface area contributed by atoms with Crippen molar-refractivity contribution >= 4 is 6.03 Å². The minimum atomic E-state index is -4.51. The zero-order chi connectivity index (χ0) is 17.7. The molecule has 1 aromatic rings. The fourth-order valence-electron chi connectivity index (χ4n) is 2.54. The average molecular weight is 347 g/mol. The van der Waals surface area contributed by atoms with Crippen LogP contribution in [-0.2, 0) is 11.3 Å². The molecule has 1 saturated heterocycles. The summed E-state index contributed by atoms with van der Waals surface area (Å²) < 4.78 is 48.9. The van der Waals surface area contributed by atoms with Gasteiger partial charge >= 0.3 is 12.2 Å². The SMILES string of the molecule is CCOc1ncccc1CNC(=O)N1CCOC(C(F)(F)F)C1C. The van der Waals surface area contributed by atoms with Gasteiger partial charge in [-0.15, -0.1) is 0 Å². The summed E-state index contributed by atoms with van der Waals surface area (Å²) in [6, 6.07) is 1.76. The van der Waals surface area contributed by atoms with Crippen molar-refractivity contribution in [3.05, 3.63) is 23.9 Å². The second-order valence-electron chi connectivity index (χ2n) is 5.33. The van der Waals surface area contributed by atoms with E-state index in [9.17, 15) is 18.0 Å². The molecule has 24 heavy (non-hydrogen) atoms. The molecule has 1 N–H and O–H groups in total. The number of carbonyl (C=O) groups is 1. The molecule has 1 aliphatic heterocycles. The number of pyridine rings is 1. The number of urea groups is 1. The van der Waals surface area contributed by atoms with Crippen molar-refractivity contribution < 1.29 is 27.4 Å². The van der Waals surface area contributed by atoms with Crippen LogP contribution < -0.4 is 10.1 Å². The third kappa shape index (κ3) is 4.28. The van der Waals surface area contributed by atoms with Crippen molar-refractivity contribution in [2.45, 2.75) is 38.7 Å². The molecule has 1 fully saturated rings. The van der Waals surface area contributed by atoms with Gasteiger partial charge < -0.3 is 19.7 Å². The summed E-state index contributed by atoms with van der Waals surface area (Å²) in [5.74, 6) is 0.392. The van der Waals surface area contributed by atoms with Gasteiger partial charge in [0.1, 0.15) is 0 Å². The fraction of sp³-hybridized carbons (Fsp3) is 0.600. The molecule has 2 atom stereocenters. The van der Waals surface area contributed by atoms with E-state index in [-0.39, 0.29) is 19.7 Å². The van der Waals surface area contributed by atoms with Crippen LogP contribution in [0.5, 0.6) is 5.88 Å². The Hall–Kier alpha value is -2.03. The molecular weight excluding hydrogens is 327 g/mol. The first-order valence-electron chi connectivity index (χ1n) is 7.64. The Morgan fingerprint density at radius 1 is 1.54 bits per heavy atom. The van der Waals surface area contributed by atoms with E-state index in [1.165, 1.54) is 6.92 Å². The monoisotopic (exact) mass is 347 g/mol. The smallest absolute Gasteiger partial charge is 0.416 e. The molecule has 2 rings (SSSR count). The number of morpholine rings is 1. The van der Waals surface area contributed by atoms with Gasteiger partial charge in [-0.1, -0.05) is 6.07 Å². The molecule has 2 heterocycles. The molecular formula is C15H20F3N3O3. The van der Waals surface area contributed by atoms with Gasteiger partial charge in [0, 0.05) is 24.8 Å². The minimum absolute atomic E-state index is 0.102. The number of carbonyl (C=O) groups excluding carboxylic acids is 1. The van der Waals surface area contributed by atoms with Crippen LogP contribution in [0.15, 0.2) is 18.3 Å². The molecule has 0 aromatic carbocycles. The number of halogens is 3. The van der Waals surface area contributed by atoms with E-state index in [1.807, 2.05) is 6.92 Å². The average Bonchev–Trinajstić information content (AvgIpc) is 2.53. The van der Waals surface area contributed by atoms with E-state index in [0.29, 0.717) is 18.1 Å². The minimum Gasteiger partial charge on any atom is -0.478 e. The fourth-order valence-corrected chi connectivity index (χ4v) is 2.54. The molecule has 0 spiro atoms. The Labute approximate surface area is 137 Å². The van der Waals surface area contributed by atoms with E-state index >= 15 is 0 Å². The Morgan fingerprint density at radius 3 is 2.96 bits per heavy atom. The first-order chi connectivity index (χ1) is 11.3. The second kappa shape index (κ2) is 7.69. The van der Waals surface area contributed by atoms with Crippen LogP contribution in [0.25, 0.3) is 0 Å². The number of aromatic nitrogens is 1. The maximum absolute atomic E-state index is 12.9. The van der Waals surface area contributed by atoms with Gasteiger partial charge in [-0.2, -0.15) is 13.2 Å². The number of amides is 2. The van der Waals surface area contributed by atoms with Crippen molar-refractivity contribution in [1.82, 2.24) is 15.2 Å².